The Bertz CT molecular complexity index is 1580. The minimum absolute atomic E-state index is 0.0250. The topological polar surface area (TPSA) is 75.5 Å². The third-order valence-corrected chi connectivity index (χ3v) is 6.37. The van der Waals surface area contributed by atoms with Gasteiger partial charge >= 0.3 is 6.61 Å². The molecular formula is C29H22F2IN3O4. The van der Waals surface area contributed by atoms with Crippen molar-refractivity contribution in [3.8, 4) is 17.2 Å². The molecule has 2 aromatic heterocycles. The monoisotopic (exact) mass is 641 g/mol. The van der Waals surface area contributed by atoms with Gasteiger partial charge in [0, 0.05) is 15.3 Å². The number of pyridine rings is 1. The Morgan fingerprint density at radius 2 is 1.69 bits per heavy atom. The van der Waals surface area contributed by atoms with Crippen LogP contribution in [0, 0.1) is 3.57 Å². The molecule has 0 saturated heterocycles. The van der Waals surface area contributed by atoms with E-state index >= 15 is 0 Å². The molecule has 0 aliphatic heterocycles. The zero-order valence-corrected chi connectivity index (χ0v) is 22.6. The molecule has 0 atom stereocenters. The van der Waals surface area contributed by atoms with Crippen LogP contribution >= 0.6 is 22.6 Å². The molecule has 2 heterocycles. The number of aromatic nitrogens is 3. The highest BCUT2D eigenvalue weighted by molar-refractivity contribution is 14.1. The maximum Gasteiger partial charge on any atom is 0.387 e. The van der Waals surface area contributed by atoms with Crippen molar-refractivity contribution in [2.45, 2.75) is 19.8 Å². The molecule has 0 bridgehead atoms. The molecule has 5 aromatic rings. The van der Waals surface area contributed by atoms with E-state index in [0.29, 0.717) is 30.2 Å². The van der Waals surface area contributed by atoms with Gasteiger partial charge in [-0.3, -0.25) is 4.79 Å². The van der Waals surface area contributed by atoms with E-state index in [1.54, 1.807) is 12.5 Å². The predicted molar refractivity (Wildman–Crippen MR) is 149 cm³/mol. The van der Waals surface area contributed by atoms with Gasteiger partial charge in [-0.2, -0.15) is 8.78 Å². The lowest BCUT2D eigenvalue weighted by molar-refractivity contribution is -0.0498. The number of carbonyl (C=O) groups is 1. The van der Waals surface area contributed by atoms with Crippen molar-refractivity contribution in [3.05, 3.63) is 112 Å². The summed E-state index contributed by atoms with van der Waals surface area (Å²) in [5.41, 5.74) is 3.76. The van der Waals surface area contributed by atoms with Gasteiger partial charge in [0.1, 0.15) is 17.9 Å². The molecule has 0 N–H and O–H groups in total. The molecule has 0 aliphatic rings. The molecule has 10 heteroatoms. The molecule has 3 aromatic carbocycles. The second-order valence-electron chi connectivity index (χ2n) is 8.54. The molecular weight excluding hydrogens is 619 g/mol. The van der Waals surface area contributed by atoms with Gasteiger partial charge in [-0.15, -0.1) is 0 Å². The number of imidazole rings is 1. The van der Waals surface area contributed by atoms with Crippen LogP contribution in [-0.4, -0.2) is 33.5 Å². The van der Waals surface area contributed by atoms with Crippen LogP contribution in [0.1, 0.15) is 21.5 Å². The standard InChI is InChI=1S/C29H22F2IN3O4/c30-29(31)39-23-9-7-21(8-10-23)25(36)17-38-27-12-20(6-11-26(27)37-16-19-4-2-1-3-5-19)15-35-18-34-24-13-22(32)14-33-28(24)35/h1-14,18,29H,15-17H2. The zero-order valence-electron chi connectivity index (χ0n) is 20.5. The molecule has 39 heavy (non-hydrogen) atoms. The summed E-state index contributed by atoms with van der Waals surface area (Å²) in [7, 11) is 0. The Balaban J connectivity index is 1.34. The van der Waals surface area contributed by atoms with Gasteiger partial charge in [-0.05, 0) is 76.2 Å². The highest BCUT2D eigenvalue weighted by Gasteiger charge is 2.14. The Morgan fingerprint density at radius 1 is 0.897 bits per heavy atom. The number of hydrogen-bond acceptors (Lipinski definition) is 6. The predicted octanol–water partition coefficient (Wildman–Crippen LogP) is 6.53. The molecule has 198 valence electrons. The number of carbonyl (C=O) groups excluding carboxylic acids is 1. The number of benzene rings is 3. The summed E-state index contributed by atoms with van der Waals surface area (Å²) in [6, 6.07) is 22.7. The Hall–Kier alpha value is -4.06. The van der Waals surface area contributed by atoms with Crippen molar-refractivity contribution in [3.63, 3.8) is 0 Å². The van der Waals surface area contributed by atoms with Crippen molar-refractivity contribution >= 4 is 39.5 Å². The van der Waals surface area contributed by atoms with Crippen LogP contribution in [0.2, 0.25) is 0 Å². The maximum atomic E-state index is 12.8. The molecule has 0 radical (unpaired) electrons. The lowest BCUT2D eigenvalue weighted by Gasteiger charge is -2.15. The summed E-state index contributed by atoms with van der Waals surface area (Å²) >= 11 is 2.20. The molecule has 0 spiro atoms. The van der Waals surface area contributed by atoms with Crippen LogP contribution in [0.15, 0.2) is 91.4 Å². The van der Waals surface area contributed by atoms with Gasteiger partial charge in [-0.1, -0.05) is 36.4 Å². The minimum atomic E-state index is -2.93. The van der Waals surface area contributed by atoms with Gasteiger partial charge in [0.2, 0.25) is 0 Å². The normalized spacial score (nSPS) is 11.1. The van der Waals surface area contributed by atoms with Gasteiger partial charge in [-0.25, -0.2) is 9.97 Å². The van der Waals surface area contributed by atoms with Crippen LogP contribution in [0.4, 0.5) is 8.78 Å². The third-order valence-electron chi connectivity index (χ3n) is 5.78. The van der Waals surface area contributed by atoms with E-state index in [4.69, 9.17) is 9.47 Å². The van der Waals surface area contributed by atoms with E-state index in [0.717, 1.165) is 25.9 Å². The van der Waals surface area contributed by atoms with E-state index in [1.165, 1.54) is 24.3 Å². The Kier molecular flexibility index (Phi) is 8.30. The summed E-state index contributed by atoms with van der Waals surface area (Å²) in [5.74, 6) is 0.543. The number of halogens is 3. The highest BCUT2D eigenvalue weighted by atomic mass is 127. The lowest BCUT2D eigenvalue weighted by atomic mass is 10.1. The number of fused-ring (bicyclic) bond motifs is 1. The van der Waals surface area contributed by atoms with Crippen LogP contribution in [0.5, 0.6) is 17.2 Å². The average molecular weight is 641 g/mol. The number of hydrogen-bond donors (Lipinski definition) is 0. The smallest absolute Gasteiger partial charge is 0.387 e. The molecule has 5 rings (SSSR count). The average Bonchev–Trinajstić information content (AvgIpc) is 3.33. The van der Waals surface area contributed by atoms with Crippen molar-refractivity contribution in [1.29, 1.82) is 0 Å². The Morgan fingerprint density at radius 3 is 2.46 bits per heavy atom. The van der Waals surface area contributed by atoms with Crippen molar-refractivity contribution < 1.29 is 27.8 Å². The van der Waals surface area contributed by atoms with Gasteiger partial charge < -0.3 is 18.8 Å². The summed E-state index contributed by atoms with van der Waals surface area (Å²) in [5, 5.41) is 0. The van der Waals surface area contributed by atoms with Gasteiger partial charge in [0.05, 0.1) is 12.9 Å². The van der Waals surface area contributed by atoms with Crippen LogP contribution < -0.4 is 14.2 Å². The summed E-state index contributed by atoms with van der Waals surface area (Å²) in [4.78, 5) is 21.7. The van der Waals surface area contributed by atoms with E-state index in [1.807, 2.05) is 59.2 Å². The molecule has 7 nitrogen and oxygen atoms in total. The van der Waals surface area contributed by atoms with E-state index in [-0.39, 0.29) is 18.1 Å². The summed E-state index contributed by atoms with van der Waals surface area (Å²) < 4.78 is 44.1. The van der Waals surface area contributed by atoms with E-state index in [9.17, 15) is 13.6 Å². The fraction of sp³-hybridized carbons (Fsp3) is 0.138. The van der Waals surface area contributed by atoms with E-state index in [2.05, 4.69) is 37.3 Å². The largest absolute Gasteiger partial charge is 0.485 e. The SMILES string of the molecule is O=C(COc1cc(Cn2cnc3cc(I)cnc32)ccc1OCc1ccccc1)c1ccc(OC(F)F)cc1. The summed E-state index contributed by atoms with van der Waals surface area (Å²) in [6.07, 6.45) is 3.52. The summed E-state index contributed by atoms with van der Waals surface area (Å²) in [6.45, 7) is -2.39. The van der Waals surface area contributed by atoms with Crippen LogP contribution in [0.3, 0.4) is 0 Å². The fourth-order valence-electron chi connectivity index (χ4n) is 3.90. The molecule has 0 amide bonds. The number of rotatable bonds is 11. The van der Waals surface area contributed by atoms with Gasteiger partial charge in [0.25, 0.3) is 0 Å². The van der Waals surface area contributed by atoms with Crippen molar-refractivity contribution in [2.24, 2.45) is 0 Å². The minimum Gasteiger partial charge on any atom is -0.485 e. The molecule has 0 saturated carbocycles. The second-order valence-corrected chi connectivity index (χ2v) is 9.78. The van der Waals surface area contributed by atoms with Crippen molar-refractivity contribution in [1.82, 2.24) is 14.5 Å². The second kappa shape index (κ2) is 12.2. The van der Waals surface area contributed by atoms with E-state index < -0.39 is 6.61 Å². The Labute approximate surface area is 236 Å². The first-order valence-electron chi connectivity index (χ1n) is 11.9. The quantitative estimate of drug-likeness (QED) is 0.121. The lowest BCUT2D eigenvalue weighted by Crippen LogP contribution is -2.13. The number of Topliss-reactive ketones (excluding diaryl/α,β-unsaturated/α-hetero) is 1. The van der Waals surface area contributed by atoms with Crippen LogP contribution in [0.25, 0.3) is 11.2 Å². The molecule has 0 fully saturated rings. The fourth-order valence-corrected chi connectivity index (χ4v) is 4.34. The maximum absolute atomic E-state index is 12.8. The first kappa shape index (κ1) is 26.5. The van der Waals surface area contributed by atoms with Crippen LogP contribution in [-0.2, 0) is 13.2 Å². The number of ether oxygens (including phenoxy) is 3. The number of nitrogens with zero attached hydrogens (tertiary/aromatic N) is 3. The number of alkyl halides is 2. The molecule has 0 aliphatic carbocycles. The first-order chi connectivity index (χ1) is 18.9. The zero-order chi connectivity index (χ0) is 27.2. The van der Waals surface area contributed by atoms with Gasteiger partial charge in [0.15, 0.2) is 29.5 Å². The molecule has 0 unspecified atom stereocenters. The third kappa shape index (κ3) is 6.88. The van der Waals surface area contributed by atoms with Crippen molar-refractivity contribution in [2.75, 3.05) is 6.61 Å². The highest BCUT2D eigenvalue weighted by Crippen LogP contribution is 2.30. The first-order valence-corrected chi connectivity index (χ1v) is 13.0. The number of ketones is 1.